The van der Waals surface area contributed by atoms with E-state index in [0.29, 0.717) is 22.3 Å². The van der Waals surface area contributed by atoms with Crippen molar-refractivity contribution >= 4 is 23.2 Å². The highest BCUT2D eigenvalue weighted by Gasteiger charge is 2.17. The minimum Gasteiger partial charge on any atom is -0.496 e. The molecule has 1 atom stereocenters. The number of hydrogen-bond acceptors (Lipinski definition) is 3. The number of hydrazone groups is 1. The van der Waals surface area contributed by atoms with Crippen molar-refractivity contribution < 1.29 is 9.53 Å². The summed E-state index contributed by atoms with van der Waals surface area (Å²) in [6, 6.07) is 4.94. The first-order chi connectivity index (χ1) is 9.61. The normalized spacial score (nSPS) is 20.8. The Bertz CT molecular complexity index is 529. The zero-order valence-corrected chi connectivity index (χ0v) is 12.5. The molecule has 0 bridgehead atoms. The van der Waals surface area contributed by atoms with Gasteiger partial charge in [-0.15, -0.1) is 0 Å². The van der Waals surface area contributed by atoms with Crippen LogP contribution in [-0.2, 0) is 0 Å². The third-order valence-electron chi connectivity index (χ3n) is 3.60. The number of carbonyl (C=O) groups excluding carboxylic acids is 1. The van der Waals surface area contributed by atoms with Gasteiger partial charge < -0.3 is 4.74 Å². The fourth-order valence-electron chi connectivity index (χ4n) is 2.38. The van der Waals surface area contributed by atoms with E-state index in [1.54, 1.807) is 18.2 Å². The molecule has 2 rings (SSSR count). The van der Waals surface area contributed by atoms with E-state index in [2.05, 4.69) is 17.5 Å². The molecule has 0 aromatic heterocycles. The number of ether oxygens (including phenoxy) is 1. The van der Waals surface area contributed by atoms with Crippen LogP contribution in [0.5, 0.6) is 5.75 Å². The van der Waals surface area contributed by atoms with Crippen LogP contribution in [0.25, 0.3) is 0 Å². The van der Waals surface area contributed by atoms with E-state index in [9.17, 15) is 4.79 Å². The Balaban J connectivity index is 2.12. The second-order valence-corrected chi connectivity index (χ2v) is 5.47. The van der Waals surface area contributed by atoms with Crippen molar-refractivity contribution in [1.29, 1.82) is 0 Å². The highest BCUT2D eigenvalue weighted by atomic mass is 35.5. The molecule has 1 aliphatic carbocycles. The molecule has 1 aromatic carbocycles. The standard InChI is InChI=1S/C15H19ClN2O2/c1-10-5-3-4-6-13(10)17-18-15(19)12-9-11(16)7-8-14(12)20-2/h7-10H,3-6H2,1-2H3,(H,18,19). The van der Waals surface area contributed by atoms with Crippen LogP contribution in [0.4, 0.5) is 0 Å². The maximum absolute atomic E-state index is 12.2. The molecular formula is C15H19ClN2O2. The number of rotatable bonds is 3. The lowest BCUT2D eigenvalue weighted by atomic mass is 9.89. The number of carbonyl (C=O) groups is 1. The largest absolute Gasteiger partial charge is 0.496 e. The SMILES string of the molecule is COc1ccc(Cl)cc1C(=O)NN=C1CCCCC1C. The Morgan fingerprint density at radius 3 is 2.95 bits per heavy atom. The van der Waals surface area contributed by atoms with Gasteiger partial charge in [0.2, 0.25) is 0 Å². The Morgan fingerprint density at radius 2 is 2.25 bits per heavy atom. The summed E-state index contributed by atoms with van der Waals surface area (Å²) < 4.78 is 5.17. The van der Waals surface area contributed by atoms with Crippen LogP contribution in [0.1, 0.15) is 43.0 Å². The summed E-state index contributed by atoms with van der Waals surface area (Å²) in [4.78, 5) is 12.2. The van der Waals surface area contributed by atoms with Gasteiger partial charge in [-0.2, -0.15) is 5.10 Å². The second kappa shape index (κ2) is 6.75. The molecule has 1 amide bonds. The van der Waals surface area contributed by atoms with Crippen molar-refractivity contribution in [2.45, 2.75) is 32.6 Å². The van der Waals surface area contributed by atoms with E-state index in [-0.39, 0.29) is 5.91 Å². The Labute approximate surface area is 124 Å². The van der Waals surface area contributed by atoms with Gasteiger partial charge in [0.25, 0.3) is 5.91 Å². The van der Waals surface area contributed by atoms with E-state index >= 15 is 0 Å². The summed E-state index contributed by atoms with van der Waals surface area (Å²) in [7, 11) is 1.52. The highest BCUT2D eigenvalue weighted by Crippen LogP contribution is 2.23. The molecule has 1 unspecified atom stereocenters. The van der Waals surface area contributed by atoms with E-state index < -0.39 is 0 Å². The van der Waals surface area contributed by atoms with Gasteiger partial charge in [0.1, 0.15) is 5.75 Å². The number of nitrogens with zero attached hydrogens (tertiary/aromatic N) is 1. The maximum Gasteiger partial charge on any atom is 0.275 e. The molecule has 5 heteroatoms. The monoisotopic (exact) mass is 294 g/mol. The molecule has 1 N–H and O–H groups in total. The summed E-state index contributed by atoms with van der Waals surface area (Å²) in [5.41, 5.74) is 4.07. The van der Waals surface area contributed by atoms with Gasteiger partial charge in [-0.25, -0.2) is 5.43 Å². The van der Waals surface area contributed by atoms with Crippen molar-refractivity contribution in [1.82, 2.24) is 5.43 Å². The number of hydrogen-bond donors (Lipinski definition) is 1. The molecule has 0 heterocycles. The zero-order valence-electron chi connectivity index (χ0n) is 11.8. The third-order valence-corrected chi connectivity index (χ3v) is 3.83. The van der Waals surface area contributed by atoms with Gasteiger partial charge in [0.15, 0.2) is 0 Å². The van der Waals surface area contributed by atoms with Crippen LogP contribution in [0.3, 0.4) is 0 Å². The summed E-state index contributed by atoms with van der Waals surface area (Å²) >= 11 is 5.92. The molecule has 108 valence electrons. The van der Waals surface area contributed by atoms with Crippen LogP contribution in [0.15, 0.2) is 23.3 Å². The second-order valence-electron chi connectivity index (χ2n) is 5.04. The van der Waals surface area contributed by atoms with E-state index in [4.69, 9.17) is 16.3 Å². The minimum absolute atomic E-state index is 0.297. The number of methoxy groups -OCH3 is 1. The molecule has 0 radical (unpaired) electrons. The summed E-state index contributed by atoms with van der Waals surface area (Å²) in [5, 5.41) is 4.76. The summed E-state index contributed by atoms with van der Waals surface area (Å²) in [6.07, 6.45) is 4.46. The highest BCUT2D eigenvalue weighted by molar-refractivity contribution is 6.31. The van der Waals surface area contributed by atoms with Crippen LogP contribution >= 0.6 is 11.6 Å². The first-order valence-corrected chi connectivity index (χ1v) is 7.20. The Kier molecular flexibility index (Phi) is 5.01. The zero-order chi connectivity index (χ0) is 14.5. The average molecular weight is 295 g/mol. The van der Waals surface area contributed by atoms with Crippen LogP contribution in [0.2, 0.25) is 5.02 Å². The fourth-order valence-corrected chi connectivity index (χ4v) is 2.55. The van der Waals surface area contributed by atoms with E-state index in [1.165, 1.54) is 13.5 Å². The average Bonchev–Trinajstić information content (AvgIpc) is 2.46. The lowest BCUT2D eigenvalue weighted by Crippen LogP contribution is -2.24. The first kappa shape index (κ1) is 14.9. The summed E-state index contributed by atoms with van der Waals surface area (Å²) in [5.74, 6) is 0.628. The Hall–Kier alpha value is -1.55. The number of halogens is 1. The van der Waals surface area contributed by atoms with Crippen molar-refractivity contribution in [3.63, 3.8) is 0 Å². The quantitative estimate of drug-likeness (QED) is 0.865. The lowest BCUT2D eigenvalue weighted by Gasteiger charge is -2.19. The molecule has 1 aromatic rings. The van der Waals surface area contributed by atoms with Crippen LogP contribution < -0.4 is 10.2 Å². The number of benzene rings is 1. The molecule has 1 aliphatic rings. The molecule has 4 nitrogen and oxygen atoms in total. The predicted molar refractivity (Wildman–Crippen MR) is 80.5 cm³/mol. The van der Waals surface area contributed by atoms with Gasteiger partial charge in [-0.3, -0.25) is 4.79 Å². The van der Waals surface area contributed by atoms with Crippen LogP contribution in [-0.4, -0.2) is 18.7 Å². The molecule has 1 fully saturated rings. The van der Waals surface area contributed by atoms with Gasteiger partial charge in [-0.1, -0.05) is 24.9 Å². The Morgan fingerprint density at radius 1 is 1.45 bits per heavy atom. The smallest absolute Gasteiger partial charge is 0.275 e. The van der Waals surface area contributed by atoms with Gasteiger partial charge >= 0.3 is 0 Å². The van der Waals surface area contributed by atoms with Crippen molar-refractivity contribution in [3.05, 3.63) is 28.8 Å². The molecule has 20 heavy (non-hydrogen) atoms. The van der Waals surface area contributed by atoms with E-state index in [0.717, 1.165) is 25.0 Å². The van der Waals surface area contributed by atoms with Crippen molar-refractivity contribution in [2.24, 2.45) is 11.0 Å². The molecular weight excluding hydrogens is 276 g/mol. The van der Waals surface area contributed by atoms with Gasteiger partial charge in [-0.05, 0) is 43.4 Å². The van der Waals surface area contributed by atoms with E-state index in [1.807, 2.05) is 0 Å². The molecule has 1 saturated carbocycles. The molecule has 0 spiro atoms. The number of amides is 1. The molecule has 0 aliphatic heterocycles. The van der Waals surface area contributed by atoms with Crippen molar-refractivity contribution in [3.8, 4) is 5.75 Å². The van der Waals surface area contributed by atoms with Crippen LogP contribution in [0, 0.1) is 5.92 Å². The van der Waals surface area contributed by atoms with Gasteiger partial charge in [0, 0.05) is 10.7 Å². The summed E-state index contributed by atoms with van der Waals surface area (Å²) in [6.45, 7) is 2.14. The van der Waals surface area contributed by atoms with Crippen molar-refractivity contribution in [2.75, 3.05) is 7.11 Å². The maximum atomic E-state index is 12.2. The lowest BCUT2D eigenvalue weighted by molar-refractivity contribution is 0.0951. The van der Waals surface area contributed by atoms with Gasteiger partial charge in [0.05, 0.1) is 12.7 Å². The fraction of sp³-hybridized carbons (Fsp3) is 0.467. The predicted octanol–water partition coefficient (Wildman–Crippen LogP) is 3.64. The minimum atomic E-state index is -0.297. The third kappa shape index (κ3) is 3.51. The molecule has 0 saturated heterocycles. The topological polar surface area (TPSA) is 50.7 Å². The number of nitrogens with one attached hydrogen (secondary N) is 1. The first-order valence-electron chi connectivity index (χ1n) is 6.82.